The van der Waals surface area contributed by atoms with Gasteiger partial charge < -0.3 is 5.32 Å². The number of hydrogen-bond acceptors (Lipinski definition) is 2. The van der Waals surface area contributed by atoms with Gasteiger partial charge in [0.1, 0.15) is 5.41 Å². The van der Waals surface area contributed by atoms with Crippen molar-refractivity contribution in [2.75, 3.05) is 5.32 Å². The Labute approximate surface area is 129 Å². The fourth-order valence-electron chi connectivity index (χ4n) is 1.62. The smallest absolute Gasteiger partial charge is 0.244 e. The second kappa shape index (κ2) is 6.53. The molecule has 0 atom stereocenters. The van der Waals surface area contributed by atoms with Gasteiger partial charge in [-0.05, 0) is 69.6 Å². The van der Waals surface area contributed by atoms with E-state index in [-0.39, 0.29) is 5.91 Å². The van der Waals surface area contributed by atoms with E-state index in [0.29, 0.717) is 18.5 Å². The monoisotopic (exact) mass is 420 g/mol. The number of hydrogen-bond donors (Lipinski definition) is 1. The molecule has 0 spiro atoms. The van der Waals surface area contributed by atoms with Crippen LogP contribution in [0.15, 0.2) is 22.7 Å². The van der Waals surface area contributed by atoms with Gasteiger partial charge in [0.2, 0.25) is 5.91 Å². The SMILES string of the molecule is CCC(C#N)(CC)C(=O)Nc1cc(I)ccc1Br. The lowest BCUT2D eigenvalue weighted by Gasteiger charge is -2.22. The zero-order valence-corrected chi connectivity index (χ0v) is 14.0. The average molecular weight is 421 g/mol. The number of carbonyl (C=O) groups excluding carboxylic acids is 1. The highest BCUT2D eigenvalue weighted by atomic mass is 127. The van der Waals surface area contributed by atoms with E-state index in [1.54, 1.807) is 0 Å². The van der Waals surface area contributed by atoms with E-state index in [1.165, 1.54) is 0 Å². The summed E-state index contributed by atoms with van der Waals surface area (Å²) in [5.74, 6) is -0.238. The number of amides is 1. The molecule has 0 radical (unpaired) electrons. The molecule has 0 fully saturated rings. The molecule has 1 rings (SSSR count). The van der Waals surface area contributed by atoms with Crippen LogP contribution in [0.1, 0.15) is 26.7 Å². The van der Waals surface area contributed by atoms with E-state index >= 15 is 0 Å². The van der Waals surface area contributed by atoms with E-state index in [2.05, 4.69) is 49.9 Å². The molecular formula is C13H14BrIN2O. The molecule has 0 aromatic heterocycles. The zero-order chi connectivity index (χ0) is 13.8. The Kier molecular flexibility index (Phi) is 5.60. The van der Waals surface area contributed by atoms with Crippen molar-refractivity contribution in [1.29, 1.82) is 5.26 Å². The van der Waals surface area contributed by atoms with Crippen molar-refractivity contribution < 1.29 is 4.79 Å². The number of rotatable bonds is 4. The van der Waals surface area contributed by atoms with Gasteiger partial charge in [0.05, 0.1) is 11.8 Å². The van der Waals surface area contributed by atoms with Gasteiger partial charge in [0.25, 0.3) is 0 Å². The minimum atomic E-state index is -0.944. The van der Waals surface area contributed by atoms with Crippen molar-refractivity contribution in [1.82, 2.24) is 0 Å². The molecule has 1 aromatic carbocycles. The first-order chi connectivity index (χ1) is 8.49. The number of anilines is 1. The lowest BCUT2D eigenvalue weighted by molar-refractivity contribution is -0.123. The van der Waals surface area contributed by atoms with E-state index in [9.17, 15) is 10.1 Å². The molecule has 96 valence electrons. The first kappa shape index (κ1) is 15.4. The van der Waals surface area contributed by atoms with Crippen molar-refractivity contribution in [2.45, 2.75) is 26.7 Å². The lowest BCUT2D eigenvalue weighted by atomic mass is 9.83. The normalized spacial score (nSPS) is 10.8. The standard InChI is InChI=1S/C13H14BrIN2O/c1-3-13(4-2,8-16)12(18)17-11-7-9(15)5-6-10(11)14/h5-7H,3-4H2,1-2H3,(H,17,18). The minimum Gasteiger partial charge on any atom is -0.324 e. The average Bonchev–Trinajstić information content (AvgIpc) is 2.37. The van der Waals surface area contributed by atoms with Crippen LogP contribution in [-0.2, 0) is 4.79 Å². The highest BCUT2D eigenvalue weighted by Crippen LogP contribution is 2.30. The van der Waals surface area contributed by atoms with E-state index < -0.39 is 5.41 Å². The topological polar surface area (TPSA) is 52.9 Å². The van der Waals surface area contributed by atoms with Crippen molar-refractivity contribution in [2.24, 2.45) is 5.41 Å². The Morgan fingerprint density at radius 1 is 1.50 bits per heavy atom. The van der Waals surface area contributed by atoms with Gasteiger partial charge in [-0.2, -0.15) is 5.26 Å². The molecule has 1 N–H and O–H groups in total. The molecule has 3 nitrogen and oxygen atoms in total. The summed E-state index contributed by atoms with van der Waals surface area (Å²) in [5, 5.41) is 12.1. The molecule has 0 unspecified atom stereocenters. The summed E-state index contributed by atoms with van der Waals surface area (Å²) in [7, 11) is 0. The Morgan fingerprint density at radius 3 is 2.61 bits per heavy atom. The summed E-state index contributed by atoms with van der Waals surface area (Å²) >= 11 is 5.57. The number of nitrogens with zero attached hydrogens (tertiary/aromatic N) is 1. The lowest BCUT2D eigenvalue weighted by Crippen LogP contribution is -2.34. The zero-order valence-electron chi connectivity index (χ0n) is 10.3. The largest absolute Gasteiger partial charge is 0.324 e. The highest BCUT2D eigenvalue weighted by Gasteiger charge is 2.35. The van der Waals surface area contributed by atoms with E-state index in [0.717, 1.165) is 8.04 Å². The van der Waals surface area contributed by atoms with Crippen LogP contribution in [-0.4, -0.2) is 5.91 Å². The summed E-state index contributed by atoms with van der Waals surface area (Å²) in [6, 6.07) is 7.83. The molecule has 0 aliphatic rings. The predicted molar refractivity (Wildman–Crippen MR) is 84.1 cm³/mol. The summed E-state index contributed by atoms with van der Waals surface area (Å²) < 4.78 is 1.84. The van der Waals surface area contributed by atoms with Crippen molar-refractivity contribution in [3.8, 4) is 6.07 Å². The van der Waals surface area contributed by atoms with E-state index in [1.807, 2.05) is 32.0 Å². The number of nitriles is 1. The highest BCUT2D eigenvalue weighted by molar-refractivity contribution is 14.1. The van der Waals surface area contributed by atoms with Crippen molar-refractivity contribution in [3.63, 3.8) is 0 Å². The molecule has 1 aromatic rings. The van der Waals surface area contributed by atoms with Crippen LogP contribution in [0.25, 0.3) is 0 Å². The van der Waals surface area contributed by atoms with Crippen LogP contribution in [0.4, 0.5) is 5.69 Å². The maximum absolute atomic E-state index is 12.2. The number of benzene rings is 1. The molecular weight excluding hydrogens is 407 g/mol. The number of nitrogens with one attached hydrogen (secondary N) is 1. The van der Waals surface area contributed by atoms with Gasteiger partial charge in [-0.1, -0.05) is 13.8 Å². The minimum absolute atomic E-state index is 0.238. The van der Waals surface area contributed by atoms with Gasteiger partial charge in [0, 0.05) is 8.04 Å². The van der Waals surface area contributed by atoms with Crippen LogP contribution < -0.4 is 5.32 Å². The molecule has 0 aliphatic carbocycles. The van der Waals surface area contributed by atoms with Gasteiger partial charge in [-0.25, -0.2) is 0 Å². The van der Waals surface area contributed by atoms with Gasteiger partial charge in [-0.3, -0.25) is 4.79 Å². The second-order valence-corrected chi connectivity index (χ2v) is 6.08. The molecule has 5 heteroatoms. The Balaban J connectivity index is 3.01. The third-order valence-electron chi connectivity index (χ3n) is 3.03. The second-order valence-electron chi connectivity index (χ2n) is 3.98. The summed E-state index contributed by atoms with van der Waals surface area (Å²) in [6.45, 7) is 3.71. The number of halogens is 2. The Morgan fingerprint density at radius 2 is 2.11 bits per heavy atom. The van der Waals surface area contributed by atoms with Gasteiger partial charge >= 0.3 is 0 Å². The summed E-state index contributed by atoms with van der Waals surface area (Å²) in [6.07, 6.45) is 1.01. The number of carbonyl (C=O) groups is 1. The van der Waals surface area contributed by atoms with E-state index in [4.69, 9.17) is 0 Å². The summed E-state index contributed by atoms with van der Waals surface area (Å²) in [5.41, 5.74) is -0.241. The third kappa shape index (κ3) is 3.23. The Hall–Kier alpha value is -0.610. The fourth-order valence-corrected chi connectivity index (χ4v) is 2.45. The maximum atomic E-state index is 12.2. The predicted octanol–water partition coefficient (Wildman–Crippen LogP) is 4.32. The van der Waals surface area contributed by atoms with Crippen LogP contribution in [0.3, 0.4) is 0 Å². The molecule has 0 heterocycles. The van der Waals surface area contributed by atoms with Crippen molar-refractivity contribution >= 4 is 50.1 Å². The fraction of sp³-hybridized carbons (Fsp3) is 0.385. The van der Waals surface area contributed by atoms with Gasteiger partial charge in [-0.15, -0.1) is 0 Å². The van der Waals surface area contributed by atoms with Crippen LogP contribution >= 0.6 is 38.5 Å². The molecule has 0 aliphatic heterocycles. The first-order valence-electron chi connectivity index (χ1n) is 5.67. The van der Waals surface area contributed by atoms with Crippen LogP contribution in [0.2, 0.25) is 0 Å². The van der Waals surface area contributed by atoms with Gasteiger partial charge in [0.15, 0.2) is 0 Å². The maximum Gasteiger partial charge on any atom is 0.244 e. The van der Waals surface area contributed by atoms with Crippen molar-refractivity contribution in [3.05, 3.63) is 26.2 Å². The van der Waals surface area contributed by atoms with Crippen LogP contribution in [0, 0.1) is 20.3 Å². The molecule has 18 heavy (non-hydrogen) atoms. The first-order valence-corrected chi connectivity index (χ1v) is 7.54. The molecule has 0 saturated carbocycles. The third-order valence-corrected chi connectivity index (χ3v) is 4.39. The quantitative estimate of drug-likeness (QED) is 0.737. The molecule has 0 bridgehead atoms. The Bertz CT molecular complexity index is 492. The summed E-state index contributed by atoms with van der Waals surface area (Å²) in [4.78, 5) is 12.2. The molecule has 1 amide bonds. The molecule has 0 saturated heterocycles. The van der Waals surface area contributed by atoms with Crippen LogP contribution in [0.5, 0.6) is 0 Å².